The second-order valence-corrected chi connectivity index (χ2v) is 5.88. The number of hydrogen-bond donors (Lipinski definition) is 2. The molecule has 0 heterocycles. The molecular formula is C20H22N2O5. The molecule has 2 N–H and O–H groups in total. The molecule has 0 aliphatic carbocycles. The maximum Gasteiger partial charge on any atom is 0.308 e. The highest BCUT2D eigenvalue weighted by atomic mass is 16.5. The van der Waals surface area contributed by atoms with Crippen LogP contribution in [0.3, 0.4) is 0 Å². The van der Waals surface area contributed by atoms with Crippen LogP contribution in [0.15, 0.2) is 48.5 Å². The summed E-state index contributed by atoms with van der Waals surface area (Å²) in [5, 5.41) is 5.11. The lowest BCUT2D eigenvalue weighted by Gasteiger charge is -2.09. The number of hydrogen-bond acceptors (Lipinski definition) is 5. The second kappa shape index (κ2) is 9.96. The highest BCUT2D eigenvalue weighted by molar-refractivity contribution is 5.92. The first-order valence-corrected chi connectivity index (χ1v) is 8.47. The Labute approximate surface area is 157 Å². The van der Waals surface area contributed by atoms with Crippen molar-refractivity contribution < 1.29 is 23.9 Å². The third-order valence-electron chi connectivity index (χ3n) is 3.46. The Morgan fingerprint density at radius 3 is 2.11 bits per heavy atom. The number of aryl methyl sites for hydroxylation is 1. The van der Waals surface area contributed by atoms with Gasteiger partial charge in [-0.1, -0.05) is 17.7 Å². The van der Waals surface area contributed by atoms with Gasteiger partial charge in [-0.2, -0.15) is 0 Å². The fourth-order valence-electron chi connectivity index (χ4n) is 2.10. The van der Waals surface area contributed by atoms with Gasteiger partial charge in [0.2, 0.25) is 5.91 Å². The number of carbonyl (C=O) groups excluding carboxylic acids is 3. The summed E-state index contributed by atoms with van der Waals surface area (Å²) in [4.78, 5) is 34.0. The molecule has 7 heteroatoms. The molecule has 0 saturated carbocycles. The van der Waals surface area contributed by atoms with E-state index in [0.717, 1.165) is 11.3 Å². The second-order valence-electron chi connectivity index (χ2n) is 5.88. The SMILES string of the molecule is CC(=O)NCCC(=O)OCC(=O)Nc1ccc(Oc2ccc(C)cc2)cc1. The van der Waals surface area contributed by atoms with E-state index in [-0.39, 0.29) is 25.5 Å². The first-order valence-electron chi connectivity index (χ1n) is 8.47. The molecule has 7 nitrogen and oxygen atoms in total. The zero-order valence-corrected chi connectivity index (χ0v) is 15.3. The van der Waals surface area contributed by atoms with E-state index in [0.29, 0.717) is 11.4 Å². The molecule has 0 saturated heterocycles. The number of anilines is 1. The topological polar surface area (TPSA) is 93.7 Å². The molecule has 0 unspecified atom stereocenters. The minimum atomic E-state index is -0.555. The van der Waals surface area contributed by atoms with Crippen molar-refractivity contribution in [2.24, 2.45) is 0 Å². The standard InChI is InChI=1S/C20H22N2O5/c1-14-3-7-17(8-4-14)27-18-9-5-16(6-10-18)22-19(24)13-26-20(25)11-12-21-15(2)23/h3-10H,11-13H2,1-2H3,(H,21,23)(H,22,24). The third kappa shape index (κ3) is 7.60. The average Bonchev–Trinajstić information content (AvgIpc) is 2.63. The van der Waals surface area contributed by atoms with Crippen LogP contribution in [0.5, 0.6) is 11.5 Å². The van der Waals surface area contributed by atoms with Gasteiger partial charge in [-0.15, -0.1) is 0 Å². The molecule has 0 fully saturated rings. The quantitative estimate of drug-likeness (QED) is 0.697. The number of esters is 1. The average molecular weight is 370 g/mol. The Morgan fingerprint density at radius 1 is 0.926 bits per heavy atom. The maximum atomic E-state index is 11.8. The molecular weight excluding hydrogens is 348 g/mol. The van der Waals surface area contributed by atoms with Gasteiger partial charge in [-0.3, -0.25) is 14.4 Å². The summed E-state index contributed by atoms with van der Waals surface area (Å²) in [5.74, 6) is 0.135. The van der Waals surface area contributed by atoms with Gasteiger partial charge in [0.1, 0.15) is 11.5 Å². The maximum absolute atomic E-state index is 11.8. The van der Waals surface area contributed by atoms with Crippen molar-refractivity contribution in [3.05, 3.63) is 54.1 Å². The normalized spacial score (nSPS) is 10.0. The van der Waals surface area contributed by atoms with Crippen LogP contribution in [-0.4, -0.2) is 30.9 Å². The van der Waals surface area contributed by atoms with Crippen LogP contribution in [0.4, 0.5) is 5.69 Å². The molecule has 0 aromatic heterocycles. The Bertz CT molecular complexity index is 785. The molecule has 0 bridgehead atoms. The molecule has 142 valence electrons. The largest absolute Gasteiger partial charge is 0.457 e. The predicted octanol–water partition coefficient (Wildman–Crippen LogP) is 2.80. The minimum Gasteiger partial charge on any atom is -0.457 e. The number of carbonyl (C=O) groups is 3. The summed E-state index contributed by atoms with van der Waals surface area (Å²) in [6, 6.07) is 14.5. The lowest BCUT2D eigenvalue weighted by atomic mass is 10.2. The van der Waals surface area contributed by atoms with Crippen LogP contribution in [0.1, 0.15) is 18.9 Å². The summed E-state index contributed by atoms with van der Waals surface area (Å²) >= 11 is 0. The number of nitrogens with one attached hydrogen (secondary N) is 2. The smallest absolute Gasteiger partial charge is 0.308 e. The summed E-state index contributed by atoms with van der Waals surface area (Å²) in [5.41, 5.74) is 1.71. The van der Waals surface area contributed by atoms with E-state index < -0.39 is 11.9 Å². The molecule has 0 aliphatic heterocycles. The van der Waals surface area contributed by atoms with Gasteiger partial charge in [0.15, 0.2) is 6.61 Å². The van der Waals surface area contributed by atoms with Gasteiger partial charge < -0.3 is 20.1 Å². The van der Waals surface area contributed by atoms with E-state index in [1.165, 1.54) is 6.92 Å². The number of benzene rings is 2. The van der Waals surface area contributed by atoms with Gasteiger partial charge in [0.05, 0.1) is 6.42 Å². The molecule has 2 rings (SSSR count). The lowest BCUT2D eigenvalue weighted by molar-refractivity contribution is -0.147. The van der Waals surface area contributed by atoms with Gasteiger partial charge in [0, 0.05) is 19.2 Å². The first kappa shape index (κ1) is 20.0. The molecule has 2 aromatic carbocycles. The van der Waals surface area contributed by atoms with Crippen LogP contribution >= 0.6 is 0 Å². The Morgan fingerprint density at radius 2 is 1.52 bits per heavy atom. The first-order chi connectivity index (χ1) is 12.9. The highest BCUT2D eigenvalue weighted by Crippen LogP contribution is 2.23. The number of amides is 2. The van der Waals surface area contributed by atoms with Crippen LogP contribution in [0.2, 0.25) is 0 Å². The van der Waals surface area contributed by atoms with E-state index in [9.17, 15) is 14.4 Å². The molecule has 0 atom stereocenters. The van der Waals surface area contributed by atoms with E-state index in [2.05, 4.69) is 10.6 Å². The van der Waals surface area contributed by atoms with Gasteiger partial charge in [0.25, 0.3) is 5.91 Å². The fraction of sp³-hybridized carbons (Fsp3) is 0.250. The predicted molar refractivity (Wildman–Crippen MR) is 101 cm³/mol. The lowest BCUT2D eigenvalue weighted by Crippen LogP contribution is -2.25. The van der Waals surface area contributed by atoms with E-state index in [1.807, 2.05) is 31.2 Å². The highest BCUT2D eigenvalue weighted by Gasteiger charge is 2.08. The molecule has 2 amide bonds. The van der Waals surface area contributed by atoms with Crippen molar-refractivity contribution in [3.63, 3.8) is 0 Å². The summed E-state index contributed by atoms with van der Waals surface area (Å²) in [6.45, 7) is 3.15. The van der Waals surface area contributed by atoms with Crippen molar-refractivity contribution >= 4 is 23.5 Å². The van der Waals surface area contributed by atoms with Gasteiger partial charge in [-0.25, -0.2) is 0 Å². The zero-order valence-electron chi connectivity index (χ0n) is 15.3. The van der Waals surface area contributed by atoms with Crippen molar-refractivity contribution in [1.29, 1.82) is 0 Å². The minimum absolute atomic E-state index is 0.0118. The molecule has 0 spiro atoms. The monoisotopic (exact) mass is 370 g/mol. The van der Waals surface area contributed by atoms with E-state index in [4.69, 9.17) is 9.47 Å². The van der Waals surface area contributed by atoms with Crippen LogP contribution in [0, 0.1) is 6.92 Å². The van der Waals surface area contributed by atoms with Crippen LogP contribution < -0.4 is 15.4 Å². The van der Waals surface area contributed by atoms with E-state index in [1.54, 1.807) is 24.3 Å². The Hall–Kier alpha value is -3.35. The van der Waals surface area contributed by atoms with Crippen molar-refractivity contribution in [1.82, 2.24) is 5.32 Å². The number of rotatable bonds is 8. The zero-order chi connectivity index (χ0) is 19.6. The molecule has 2 aromatic rings. The van der Waals surface area contributed by atoms with E-state index >= 15 is 0 Å². The van der Waals surface area contributed by atoms with Crippen molar-refractivity contribution in [2.45, 2.75) is 20.3 Å². The van der Waals surface area contributed by atoms with Crippen LogP contribution in [-0.2, 0) is 19.1 Å². The summed E-state index contributed by atoms with van der Waals surface area (Å²) in [6.07, 6.45) is 0.0118. The van der Waals surface area contributed by atoms with Crippen molar-refractivity contribution in [3.8, 4) is 11.5 Å². The fourth-order valence-corrected chi connectivity index (χ4v) is 2.10. The third-order valence-corrected chi connectivity index (χ3v) is 3.46. The Balaban J connectivity index is 1.75. The summed E-state index contributed by atoms with van der Waals surface area (Å²) < 4.78 is 10.6. The Kier molecular flexibility index (Phi) is 7.37. The van der Waals surface area contributed by atoms with Crippen LogP contribution in [0.25, 0.3) is 0 Å². The number of ether oxygens (including phenoxy) is 2. The summed E-state index contributed by atoms with van der Waals surface area (Å²) in [7, 11) is 0. The molecule has 27 heavy (non-hydrogen) atoms. The van der Waals surface area contributed by atoms with Crippen molar-refractivity contribution in [2.75, 3.05) is 18.5 Å². The van der Waals surface area contributed by atoms with Gasteiger partial charge >= 0.3 is 5.97 Å². The molecule has 0 aliphatic rings. The molecule has 0 radical (unpaired) electrons. The van der Waals surface area contributed by atoms with Gasteiger partial charge in [-0.05, 0) is 43.3 Å².